The van der Waals surface area contributed by atoms with E-state index in [1.165, 1.54) is 96.3 Å². The second kappa shape index (κ2) is 22.1. The average Bonchev–Trinajstić information content (AvgIpc) is 2.77. The van der Waals surface area contributed by atoms with E-state index in [9.17, 15) is 9.46 Å². The van der Waals surface area contributed by atoms with E-state index < -0.39 is 7.60 Å². The van der Waals surface area contributed by atoms with Gasteiger partial charge in [-0.3, -0.25) is 4.57 Å². The molecule has 0 aliphatic rings. The first-order valence-electron chi connectivity index (χ1n) is 14.7. The largest absolute Gasteiger partial charge is 0.385 e. The Labute approximate surface area is 214 Å². The average molecular weight is 503 g/mol. The van der Waals surface area contributed by atoms with Crippen molar-refractivity contribution in [2.45, 2.75) is 148 Å². The quantitative estimate of drug-likeness (QED) is 0.0585. The van der Waals surface area contributed by atoms with Gasteiger partial charge in [-0.2, -0.15) is 0 Å². The van der Waals surface area contributed by atoms with Crippen LogP contribution in [0.25, 0.3) is 0 Å². The first-order chi connectivity index (χ1) is 16.3. The maximum Gasteiger partial charge on any atom is 0.385 e. The summed E-state index contributed by atoms with van der Waals surface area (Å²) in [6.07, 6.45) is 30.0. The molecule has 4 nitrogen and oxygen atoms in total. The molecule has 0 bridgehead atoms. The van der Waals surface area contributed by atoms with Crippen LogP contribution in [-0.2, 0) is 9.09 Å². The van der Waals surface area contributed by atoms with Gasteiger partial charge in [0.05, 0.1) is 27.7 Å². The third-order valence-electron chi connectivity index (χ3n) is 6.75. The summed E-state index contributed by atoms with van der Waals surface area (Å²) in [6.45, 7) is 4.69. The molecule has 0 saturated carbocycles. The van der Waals surface area contributed by atoms with Gasteiger partial charge in [-0.1, -0.05) is 116 Å². The minimum absolute atomic E-state index is 0.349. The number of quaternary nitrogens is 1. The molecule has 34 heavy (non-hydrogen) atoms. The van der Waals surface area contributed by atoms with E-state index in [0.29, 0.717) is 17.5 Å². The zero-order valence-electron chi connectivity index (χ0n) is 23.7. The van der Waals surface area contributed by atoms with Gasteiger partial charge in [-0.25, -0.2) is 0 Å². The number of nitrogens with zero attached hydrogens (tertiary/aromatic N) is 1. The van der Waals surface area contributed by atoms with Crippen LogP contribution in [0.5, 0.6) is 0 Å². The van der Waals surface area contributed by atoms with Gasteiger partial charge in [0.15, 0.2) is 5.78 Å². The molecule has 0 aliphatic heterocycles. The third-order valence-corrected chi connectivity index (χ3v) is 9.01. The lowest BCUT2D eigenvalue weighted by Gasteiger charge is -2.35. The second-order valence-corrected chi connectivity index (χ2v) is 13.1. The van der Waals surface area contributed by atoms with Crippen LogP contribution in [0.2, 0.25) is 0 Å². The first kappa shape index (κ1) is 33.8. The summed E-state index contributed by atoms with van der Waals surface area (Å²) in [6, 6.07) is 0. The standard InChI is InChI=1S/C29H60NO3P/c1-6-8-9-10-11-12-13-14-15-16-17-18-19-20-21-22-23-24-25-26-28-33-34(31,32)29(27-7-2)30(3,4)5/h23-24,29H,6-22,25-28H2,1-5H3/p+1. The van der Waals surface area contributed by atoms with Crippen molar-refractivity contribution in [1.29, 1.82) is 0 Å². The summed E-state index contributed by atoms with van der Waals surface area (Å²) in [5.74, 6) is -0.349. The smallest absolute Gasteiger partial charge is 0.320 e. The highest BCUT2D eigenvalue weighted by Gasteiger charge is 2.41. The van der Waals surface area contributed by atoms with Gasteiger partial charge < -0.3 is 13.9 Å². The van der Waals surface area contributed by atoms with Crippen LogP contribution in [0.3, 0.4) is 0 Å². The van der Waals surface area contributed by atoms with Gasteiger partial charge in [-0.05, 0) is 32.1 Å². The van der Waals surface area contributed by atoms with E-state index in [1.54, 1.807) is 0 Å². The van der Waals surface area contributed by atoms with Crippen LogP contribution in [-0.4, -0.2) is 42.9 Å². The molecule has 0 saturated heterocycles. The summed E-state index contributed by atoms with van der Waals surface area (Å²) < 4.78 is 18.6. The van der Waals surface area contributed by atoms with Gasteiger partial charge in [0.25, 0.3) is 0 Å². The molecule has 0 aromatic heterocycles. The van der Waals surface area contributed by atoms with Crippen LogP contribution in [0.15, 0.2) is 12.2 Å². The normalized spacial score (nSPS) is 15.1. The van der Waals surface area contributed by atoms with Crippen LogP contribution in [0.4, 0.5) is 0 Å². The predicted octanol–water partition coefficient (Wildman–Crippen LogP) is 9.62. The second-order valence-electron chi connectivity index (χ2n) is 11.1. The number of hydrogen-bond acceptors (Lipinski definition) is 2. The van der Waals surface area contributed by atoms with Crippen molar-refractivity contribution in [3.05, 3.63) is 12.2 Å². The lowest BCUT2D eigenvalue weighted by Crippen LogP contribution is -2.45. The fourth-order valence-corrected chi connectivity index (χ4v) is 6.62. The third kappa shape index (κ3) is 20.1. The summed E-state index contributed by atoms with van der Waals surface area (Å²) in [5.41, 5.74) is 0. The molecule has 0 aromatic carbocycles. The van der Waals surface area contributed by atoms with Crippen molar-refractivity contribution in [2.75, 3.05) is 27.7 Å². The van der Waals surface area contributed by atoms with E-state index in [0.717, 1.165) is 25.7 Å². The van der Waals surface area contributed by atoms with E-state index >= 15 is 0 Å². The molecule has 204 valence electrons. The Morgan fingerprint density at radius 2 is 1.09 bits per heavy atom. The Bertz CT molecular complexity index is 516. The lowest BCUT2D eigenvalue weighted by atomic mass is 10.0. The van der Waals surface area contributed by atoms with E-state index in [4.69, 9.17) is 4.52 Å². The number of rotatable bonds is 25. The summed E-state index contributed by atoms with van der Waals surface area (Å²) >= 11 is 0. The summed E-state index contributed by atoms with van der Waals surface area (Å²) in [7, 11) is 2.31. The monoisotopic (exact) mass is 502 g/mol. The van der Waals surface area contributed by atoms with E-state index in [1.807, 2.05) is 28.1 Å². The highest BCUT2D eigenvalue weighted by atomic mass is 31.2. The highest BCUT2D eigenvalue weighted by molar-refractivity contribution is 7.53. The molecular formula is C29H61NO3P+. The zero-order valence-corrected chi connectivity index (χ0v) is 24.6. The Balaban J connectivity index is 3.51. The van der Waals surface area contributed by atoms with Gasteiger partial charge >= 0.3 is 7.60 Å². The van der Waals surface area contributed by atoms with Gasteiger partial charge in [0, 0.05) is 6.42 Å². The van der Waals surface area contributed by atoms with Gasteiger partial charge in [-0.15, -0.1) is 0 Å². The van der Waals surface area contributed by atoms with Crippen LogP contribution < -0.4 is 0 Å². The Kier molecular flexibility index (Phi) is 22.0. The molecule has 0 rings (SSSR count). The van der Waals surface area contributed by atoms with Crippen molar-refractivity contribution in [3.63, 3.8) is 0 Å². The molecule has 0 aliphatic carbocycles. The SMILES string of the molecule is CCCCCCCCCCCCCCCCCC=CCCCOP(=O)(O)C(CCC)[N+](C)(C)C. The molecule has 0 spiro atoms. The van der Waals surface area contributed by atoms with Crippen molar-refractivity contribution in [3.8, 4) is 0 Å². The number of unbranched alkanes of at least 4 members (excludes halogenated alkanes) is 16. The molecule has 0 amide bonds. The summed E-state index contributed by atoms with van der Waals surface area (Å²) in [4.78, 5) is 10.4. The fourth-order valence-electron chi connectivity index (χ4n) is 4.60. The molecule has 2 unspecified atom stereocenters. The molecule has 2 atom stereocenters. The highest BCUT2D eigenvalue weighted by Crippen LogP contribution is 2.51. The Morgan fingerprint density at radius 3 is 1.50 bits per heavy atom. The molecular weight excluding hydrogens is 441 g/mol. The van der Waals surface area contributed by atoms with Crippen molar-refractivity contribution >= 4 is 7.60 Å². The first-order valence-corrected chi connectivity index (χ1v) is 16.3. The minimum atomic E-state index is -3.59. The molecule has 5 heteroatoms. The van der Waals surface area contributed by atoms with Crippen LogP contribution in [0, 0.1) is 0 Å². The summed E-state index contributed by atoms with van der Waals surface area (Å²) in [5, 5.41) is 0. The lowest BCUT2D eigenvalue weighted by molar-refractivity contribution is -0.883. The molecule has 0 radical (unpaired) electrons. The van der Waals surface area contributed by atoms with Crippen LogP contribution in [0.1, 0.15) is 142 Å². The Hall–Kier alpha value is -0.150. The maximum absolute atomic E-state index is 12.7. The number of allylic oxidation sites excluding steroid dienone is 2. The van der Waals surface area contributed by atoms with Gasteiger partial charge in [0.2, 0.25) is 0 Å². The Morgan fingerprint density at radius 1 is 0.676 bits per heavy atom. The minimum Gasteiger partial charge on any atom is -0.320 e. The molecule has 0 aromatic rings. The molecule has 1 N–H and O–H groups in total. The van der Waals surface area contributed by atoms with Crippen molar-refractivity contribution in [1.82, 2.24) is 0 Å². The predicted molar refractivity (Wildman–Crippen MR) is 150 cm³/mol. The van der Waals surface area contributed by atoms with E-state index in [2.05, 4.69) is 19.1 Å². The molecule has 0 heterocycles. The fraction of sp³-hybridized carbons (Fsp3) is 0.931. The maximum atomic E-state index is 12.7. The molecule has 0 fully saturated rings. The van der Waals surface area contributed by atoms with Crippen molar-refractivity contribution < 1.29 is 18.5 Å². The van der Waals surface area contributed by atoms with E-state index in [-0.39, 0.29) is 5.78 Å². The van der Waals surface area contributed by atoms with Crippen LogP contribution >= 0.6 is 7.60 Å². The van der Waals surface area contributed by atoms with Gasteiger partial charge in [0.1, 0.15) is 0 Å². The van der Waals surface area contributed by atoms with Crippen molar-refractivity contribution in [2.24, 2.45) is 0 Å². The number of hydrogen-bond donors (Lipinski definition) is 1. The zero-order chi connectivity index (χ0) is 25.5. The topological polar surface area (TPSA) is 46.5 Å².